The fourth-order valence-electron chi connectivity index (χ4n) is 4.04. The lowest BCUT2D eigenvalue weighted by Gasteiger charge is -2.18. The summed E-state index contributed by atoms with van der Waals surface area (Å²) in [7, 11) is 0. The number of carbonyl (C=O) groups is 1. The van der Waals surface area contributed by atoms with Crippen molar-refractivity contribution in [2.24, 2.45) is 0 Å². The van der Waals surface area contributed by atoms with Crippen molar-refractivity contribution in [1.29, 1.82) is 0 Å². The van der Waals surface area contributed by atoms with Crippen molar-refractivity contribution < 1.29 is 4.79 Å². The van der Waals surface area contributed by atoms with Gasteiger partial charge in [-0.05, 0) is 23.3 Å². The minimum atomic E-state index is -0.326. The molecule has 5 rings (SSSR count). The standard InChI is InChI=1S/C25H20N4O2/c30-24-19-12-5-4-11-18(19)23(28-29-24)25(31)27-14-20(16-8-2-1-3-9-16)21-15-26-22-13-7-6-10-17(21)22/h1-13,15,20,26H,14H2,(H,27,31)(H,29,30)/t20-/m1/s1. The number of rotatable bonds is 5. The molecule has 0 saturated carbocycles. The Morgan fingerprint density at radius 1 is 0.871 bits per heavy atom. The Bertz CT molecular complexity index is 1440. The monoisotopic (exact) mass is 408 g/mol. The molecular weight excluding hydrogens is 388 g/mol. The van der Waals surface area contributed by atoms with Gasteiger partial charge < -0.3 is 10.3 Å². The molecule has 152 valence electrons. The number of nitrogens with zero attached hydrogens (tertiary/aromatic N) is 1. The molecule has 2 heterocycles. The van der Waals surface area contributed by atoms with Crippen LogP contribution < -0.4 is 10.9 Å². The van der Waals surface area contributed by atoms with E-state index in [1.54, 1.807) is 24.3 Å². The van der Waals surface area contributed by atoms with Gasteiger partial charge in [0.05, 0.1) is 5.39 Å². The lowest BCUT2D eigenvalue weighted by molar-refractivity contribution is 0.0948. The lowest BCUT2D eigenvalue weighted by Crippen LogP contribution is -2.30. The maximum Gasteiger partial charge on any atom is 0.272 e. The third kappa shape index (κ3) is 3.48. The van der Waals surface area contributed by atoms with Crippen LogP contribution in [0.5, 0.6) is 0 Å². The van der Waals surface area contributed by atoms with Crippen LogP contribution in [-0.2, 0) is 0 Å². The second-order valence-corrected chi connectivity index (χ2v) is 7.41. The topological polar surface area (TPSA) is 90.6 Å². The molecule has 1 atom stereocenters. The van der Waals surface area contributed by atoms with Gasteiger partial charge in [0.25, 0.3) is 11.5 Å². The van der Waals surface area contributed by atoms with Gasteiger partial charge in [-0.25, -0.2) is 5.10 Å². The lowest BCUT2D eigenvalue weighted by atomic mass is 9.91. The zero-order valence-electron chi connectivity index (χ0n) is 16.6. The third-order valence-electron chi connectivity index (χ3n) is 5.58. The van der Waals surface area contributed by atoms with E-state index in [4.69, 9.17) is 0 Å². The molecule has 0 fully saturated rings. The Morgan fingerprint density at radius 2 is 1.55 bits per heavy atom. The maximum absolute atomic E-state index is 13.0. The number of amides is 1. The summed E-state index contributed by atoms with van der Waals surface area (Å²) in [6.07, 6.45) is 2.00. The Labute approximate surface area is 177 Å². The molecule has 0 bridgehead atoms. The van der Waals surface area contributed by atoms with Crippen molar-refractivity contribution in [3.05, 3.63) is 112 Å². The van der Waals surface area contributed by atoms with Gasteiger partial charge in [0.2, 0.25) is 0 Å². The van der Waals surface area contributed by atoms with Crippen LogP contribution in [0.1, 0.15) is 27.5 Å². The highest BCUT2D eigenvalue weighted by Gasteiger charge is 2.21. The fraction of sp³-hybridized carbons (Fsp3) is 0.0800. The van der Waals surface area contributed by atoms with E-state index >= 15 is 0 Å². The van der Waals surface area contributed by atoms with Crippen LogP contribution in [0.25, 0.3) is 21.7 Å². The summed E-state index contributed by atoms with van der Waals surface area (Å²) in [4.78, 5) is 28.4. The molecule has 5 aromatic rings. The van der Waals surface area contributed by atoms with Gasteiger partial charge in [0.15, 0.2) is 5.69 Å². The number of H-pyrrole nitrogens is 2. The van der Waals surface area contributed by atoms with Crippen molar-refractivity contribution >= 4 is 27.6 Å². The van der Waals surface area contributed by atoms with Gasteiger partial charge in [0.1, 0.15) is 0 Å². The van der Waals surface area contributed by atoms with E-state index in [9.17, 15) is 9.59 Å². The van der Waals surface area contributed by atoms with Crippen LogP contribution in [0.15, 0.2) is 89.9 Å². The number of nitrogens with one attached hydrogen (secondary N) is 3. The second kappa shape index (κ2) is 7.91. The van der Waals surface area contributed by atoms with Gasteiger partial charge in [-0.2, -0.15) is 5.10 Å². The van der Waals surface area contributed by atoms with Gasteiger partial charge >= 0.3 is 0 Å². The Kier molecular flexibility index (Phi) is 4.80. The first-order valence-corrected chi connectivity index (χ1v) is 10.1. The molecule has 0 saturated heterocycles. The van der Waals surface area contributed by atoms with Crippen molar-refractivity contribution in [2.75, 3.05) is 6.54 Å². The molecule has 3 aromatic carbocycles. The molecule has 0 aliphatic heterocycles. The number of benzene rings is 3. The summed E-state index contributed by atoms with van der Waals surface area (Å²) in [5.74, 6) is -0.372. The largest absolute Gasteiger partial charge is 0.361 e. The molecule has 0 aliphatic rings. The second-order valence-electron chi connectivity index (χ2n) is 7.41. The third-order valence-corrected chi connectivity index (χ3v) is 5.58. The highest BCUT2D eigenvalue weighted by Crippen LogP contribution is 2.30. The predicted molar refractivity (Wildman–Crippen MR) is 121 cm³/mol. The first-order chi connectivity index (χ1) is 15.2. The van der Waals surface area contributed by atoms with E-state index in [1.807, 2.05) is 42.6 Å². The number of aromatic amines is 2. The zero-order chi connectivity index (χ0) is 21.2. The first kappa shape index (κ1) is 18.8. The fourth-order valence-corrected chi connectivity index (χ4v) is 4.04. The molecule has 0 radical (unpaired) electrons. The Balaban J connectivity index is 1.49. The smallest absolute Gasteiger partial charge is 0.272 e. The maximum atomic E-state index is 13.0. The number of carbonyl (C=O) groups excluding carboxylic acids is 1. The van der Waals surface area contributed by atoms with Crippen molar-refractivity contribution in [2.45, 2.75) is 5.92 Å². The number of para-hydroxylation sites is 1. The number of hydrogen-bond acceptors (Lipinski definition) is 3. The minimum absolute atomic E-state index is 0.0460. The molecule has 0 unspecified atom stereocenters. The Morgan fingerprint density at radius 3 is 2.35 bits per heavy atom. The molecule has 0 aliphatic carbocycles. The summed E-state index contributed by atoms with van der Waals surface area (Å²) < 4.78 is 0. The van der Waals surface area contributed by atoms with Crippen LogP contribution in [0.4, 0.5) is 0 Å². The number of hydrogen-bond donors (Lipinski definition) is 3. The average Bonchev–Trinajstić information content (AvgIpc) is 3.24. The number of aromatic nitrogens is 3. The highest BCUT2D eigenvalue weighted by molar-refractivity contribution is 6.04. The van der Waals surface area contributed by atoms with Crippen LogP contribution in [0.3, 0.4) is 0 Å². The van der Waals surface area contributed by atoms with E-state index in [1.165, 1.54) is 0 Å². The molecule has 3 N–H and O–H groups in total. The van der Waals surface area contributed by atoms with E-state index < -0.39 is 0 Å². The van der Waals surface area contributed by atoms with Crippen LogP contribution >= 0.6 is 0 Å². The van der Waals surface area contributed by atoms with Gasteiger partial charge in [-0.3, -0.25) is 9.59 Å². The molecule has 6 heteroatoms. The van der Waals surface area contributed by atoms with E-state index in [2.05, 4.69) is 38.7 Å². The minimum Gasteiger partial charge on any atom is -0.361 e. The molecular formula is C25H20N4O2. The summed E-state index contributed by atoms with van der Waals surface area (Å²) in [5.41, 5.74) is 3.17. The highest BCUT2D eigenvalue weighted by atomic mass is 16.2. The molecule has 31 heavy (non-hydrogen) atoms. The van der Waals surface area contributed by atoms with Crippen LogP contribution in [0, 0.1) is 0 Å². The van der Waals surface area contributed by atoms with E-state index in [0.29, 0.717) is 17.3 Å². The molecule has 2 aromatic heterocycles. The van der Waals surface area contributed by atoms with Crippen LogP contribution in [0.2, 0.25) is 0 Å². The average molecular weight is 408 g/mol. The quantitative estimate of drug-likeness (QED) is 0.411. The SMILES string of the molecule is O=C(NC[C@H](c1ccccc1)c1c[nH]c2ccccc12)c1n[nH]c(=O)c2ccccc12. The normalized spacial score (nSPS) is 12.1. The Hall–Kier alpha value is -4.19. The van der Waals surface area contributed by atoms with Crippen molar-refractivity contribution in [3.63, 3.8) is 0 Å². The summed E-state index contributed by atoms with van der Waals surface area (Å²) in [6.45, 7) is 0.389. The summed E-state index contributed by atoms with van der Waals surface area (Å²) in [6, 6.07) is 25.2. The zero-order valence-corrected chi connectivity index (χ0v) is 16.6. The van der Waals surface area contributed by atoms with Gasteiger partial charge in [-0.1, -0.05) is 66.7 Å². The van der Waals surface area contributed by atoms with E-state index in [-0.39, 0.29) is 23.1 Å². The van der Waals surface area contributed by atoms with Crippen molar-refractivity contribution in [1.82, 2.24) is 20.5 Å². The molecule has 6 nitrogen and oxygen atoms in total. The van der Waals surface area contributed by atoms with Crippen LogP contribution in [-0.4, -0.2) is 27.6 Å². The summed E-state index contributed by atoms with van der Waals surface area (Å²) >= 11 is 0. The summed E-state index contributed by atoms with van der Waals surface area (Å²) in [5, 5.41) is 11.6. The van der Waals surface area contributed by atoms with E-state index in [0.717, 1.165) is 22.0 Å². The van der Waals surface area contributed by atoms with Gasteiger partial charge in [0, 0.05) is 34.9 Å². The molecule has 1 amide bonds. The van der Waals surface area contributed by atoms with Crippen molar-refractivity contribution in [3.8, 4) is 0 Å². The molecule has 0 spiro atoms. The van der Waals surface area contributed by atoms with Gasteiger partial charge in [-0.15, -0.1) is 0 Å². The predicted octanol–water partition coefficient (Wildman–Crippen LogP) is 3.97. The first-order valence-electron chi connectivity index (χ1n) is 10.1. The number of fused-ring (bicyclic) bond motifs is 2.